The van der Waals surface area contributed by atoms with Gasteiger partial charge in [0, 0.05) is 29.8 Å². The number of hydrogen-bond acceptors (Lipinski definition) is 4. The molecular formula is C15H13N3S. The number of aromatic nitrogens is 2. The van der Waals surface area contributed by atoms with Crippen LogP contribution in [-0.4, -0.2) is 16.5 Å². The van der Waals surface area contributed by atoms with Crippen molar-refractivity contribution in [3.05, 3.63) is 47.0 Å². The Bertz CT molecular complexity index is 724. The van der Waals surface area contributed by atoms with E-state index in [9.17, 15) is 0 Å². The molecule has 0 fully saturated rings. The lowest BCUT2D eigenvalue weighted by atomic mass is 10.2. The monoisotopic (exact) mass is 267 g/mol. The summed E-state index contributed by atoms with van der Waals surface area (Å²) in [6, 6.07) is 12.4. The van der Waals surface area contributed by atoms with Crippen LogP contribution in [0.3, 0.4) is 0 Å². The maximum absolute atomic E-state index is 4.74. The van der Waals surface area contributed by atoms with Crippen LogP contribution in [0.2, 0.25) is 0 Å². The lowest BCUT2D eigenvalue weighted by molar-refractivity contribution is 0.644. The molecule has 1 aliphatic heterocycles. The van der Waals surface area contributed by atoms with Crippen LogP contribution in [0, 0.1) is 0 Å². The van der Waals surface area contributed by atoms with E-state index in [2.05, 4.69) is 23.5 Å². The summed E-state index contributed by atoms with van der Waals surface area (Å²) in [5.74, 6) is 0. The summed E-state index contributed by atoms with van der Waals surface area (Å²) in [5.41, 5.74) is 3.26. The first-order valence-electron chi connectivity index (χ1n) is 6.45. The van der Waals surface area contributed by atoms with Gasteiger partial charge < -0.3 is 5.32 Å². The van der Waals surface area contributed by atoms with E-state index in [1.54, 1.807) is 11.3 Å². The van der Waals surface area contributed by atoms with Crippen LogP contribution >= 0.6 is 11.3 Å². The molecule has 1 N–H and O–H groups in total. The van der Waals surface area contributed by atoms with Gasteiger partial charge in [0.25, 0.3) is 0 Å². The fraction of sp³-hybridized carbons (Fsp3) is 0.200. The average molecular weight is 267 g/mol. The highest BCUT2D eigenvalue weighted by Gasteiger charge is 2.16. The van der Waals surface area contributed by atoms with Crippen LogP contribution in [0.1, 0.15) is 10.6 Å². The van der Waals surface area contributed by atoms with E-state index in [1.807, 2.05) is 18.2 Å². The zero-order valence-electron chi connectivity index (χ0n) is 10.4. The Morgan fingerprint density at radius 1 is 1.05 bits per heavy atom. The molecule has 4 rings (SSSR count). The van der Waals surface area contributed by atoms with Gasteiger partial charge in [-0.05, 0) is 12.1 Å². The van der Waals surface area contributed by atoms with Gasteiger partial charge in [0.05, 0.1) is 16.9 Å². The number of benzene rings is 1. The van der Waals surface area contributed by atoms with E-state index in [0.29, 0.717) is 0 Å². The number of nitrogens with one attached hydrogen (secondary N) is 1. The molecule has 0 atom stereocenters. The Hall–Kier alpha value is -1.78. The fourth-order valence-corrected chi connectivity index (χ4v) is 3.47. The van der Waals surface area contributed by atoms with Crippen molar-refractivity contribution < 1.29 is 0 Å². The Kier molecular flexibility index (Phi) is 2.57. The molecule has 0 spiro atoms. The molecule has 0 bridgehead atoms. The predicted molar refractivity (Wildman–Crippen MR) is 78.3 cm³/mol. The van der Waals surface area contributed by atoms with Crippen LogP contribution in [0.4, 0.5) is 0 Å². The standard InChI is InChI=1S/C15H13N3S/c1-2-4-11-10(3-1)5-6-13(17-11)15-18-12-7-8-16-9-14(12)19-15/h1-6,16H,7-9H2. The summed E-state index contributed by atoms with van der Waals surface area (Å²) >= 11 is 1.76. The molecule has 4 heteroatoms. The SMILES string of the molecule is c1ccc2nc(-c3nc4c(s3)CNCC4)ccc2c1. The van der Waals surface area contributed by atoms with Gasteiger partial charge in [-0.1, -0.05) is 24.3 Å². The summed E-state index contributed by atoms with van der Waals surface area (Å²) in [6.07, 6.45) is 1.03. The highest BCUT2D eigenvalue weighted by Crippen LogP contribution is 2.29. The quantitative estimate of drug-likeness (QED) is 0.736. The first-order valence-corrected chi connectivity index (χ1v) is 7.27. The van der Waals surface area contributed by atoms with Crippen molar-refractivity contribution in [2.24, 2.45) is 0 Å². The number of hydrogen-bond donors (Lipinski definition) is 1. The minimum Gasteiger partial charge on any atom is -0.311 e. The molecule has 3 aromatic rings. The van der Waals surface area contributed by atoms with Gasteiger partial charge in [0.2, 0.25) is 0 Å². The summed E-state index contributed by atoms with van der Waals surface area (Å²) in [5, 5.41) is 5.60. The minimum absolute atomic E-state index is 0.945. The van der Waals surface area contributed by atoms with Crippen molar-refractivity contribution in [2.45, 2.75) is 13.0 Å². The zero-order valence-corrected chi connectivity index (χ0v) is 11.2. The van der Waals surface area contributed by atoms with Crippen molar-refractivity contribution in [2.75, 3.05) is 6.54 Å². The Morgan fingerprint density at radius 2 is 2.00 bits per heavy atom. The van der Waals surface area contributed by atoms with Crippen molar-refractivity contribution in [3.63, 3.8) is 0 Å². The molecule has 0 radical (unpaired) electrons. The lowest BCUT2D eigenvalue weighted by Crippen LogP contribution is -2.22. The second-order valence-electron chi connectivity index (χ2n) is 4.70. The van der Waals surface area contributed by atoms with Crippen LogP contribution in [0.15, 0.2) is 36.4 Å². The maximum atomic E-state index is 4.74. The second kappa shape index (κ2) is 4.40. The third-order valence-corrected chi connectivity index (χ3v) is 4.54. The number of fused-ring (bicyclic) bond motifs is 2. The molecule has 0 unspecified atom stereocenters. The molecule has 0 saturated heterocycles. The summed E-state index contributed by atoms with van der Waals surface area (Å²) in [6.45, 7) is 1.97. The van der Waals surface area contributed by atoms with Gasteiger partial charge in [-0.3, -0.25) is 0 Å². The fourth-order valence-electron chi connectivity index (χ4n) is 2.42. The number of rotatable bonds is 1. The van der Waals surface area contributed by atoms with Gasteiger partial charge in [0.1, 0.15) is 5.01 Å². The summed E-state index contributed by atoms with van der Waals surface area (Å²) in [4.78, 5) is 10.8. The second-order valence-corrected chi connectivity index (χ2v) is 5.79. The van der Waals surface area contributed by atoms with E-state index in [0.717, 1.165) is 35.7 Å². The zero-order chi connectivity index (χ0) is 12.7. The number of nitrogens with zero attached hydrogens (tertiary/aromatic N) is 2. The van der Waals surface area contributed by atoms with Gasteiger partial charge >= 0.3 is 0 Å². The van der Waals surface area contributed by atoms with Crippen LogP contribution < -0.4 is 5.32 Å². The molecule has 3 heterocycles. The van der Waals surface area contributed by atoms with Crippen molar-refractivity contribution >= 4 is 22.2 Å². The van der Waals surface area contributed by atoms with Gasteiger partial charge in [0.15, 0.2) is 0 Å². The normalized spacial score (nSPS) is 14.5. The third kappa shape index (κ3) is 1.93. The molecule has 0 amide bonds. The Balaban J connectivity index is 1.83. The van der Waals surface area contributed by atoms with E-state index in [4.69, 9.17) is 9.97 Å². The molecule has 1 aliphatic rings. The first kappa shape index (κ1) is 11.1. The number of para-hydroxylation sites is 1. The Labute approximate surface area is 115 Å². The molecule has 2 aromatic heterocycles. The minimum atomic E-state index is 0.945. The molecule has 3 nitrogen and oxygen atoms in total. The molecule has 19 heavy (non-hydrogen) atoms. The van der Waals surface area contributed by atoms with Crippen molar-refractivity contribution in [1.82, 2.24) is 15.3 Å². The predicted octanol–water partition coefficient (Wildman–Crippen LogP) is 3.00. The number of thiazole rings is 1. The van der Waals surface area contributed by atoms with Crippen molar-refractivity contribution in [3.8, 4) is 10.7 Å². The molecule has 1 aromatic carbocycles. The van der Waals surface area contributed by atoms with Gasteiger partial charge in [-0.2, -0.15) is 0 Å². The maximum Gasteiger partial charge on any atom is 0.142 e. The Morgan fingerprint density at radius 3 is 2.95 bits per heavy atom. The highest BCUT2D eigenvalue weighted by atomic mass is 32.1. The first-order chi connectivity index (χ1) is 9.40. The molecule has 0 aliphatic carbocycles. The topological polar surface area (TPSA) is 37.8 Å². The van der Waals surface area contributed by atoms with E-state index in [1.165, 1.54) is 16.0 Å². The van der Waals surface area contributed by atoms with Gasteiger partial charge in [-0.15, -0.1) is 11.3 Å². The third-order valence-electron chi connectivity index (χ3n) is 3.42. The largest absolute Gasteiger partial charge is 0.311 e. The summed E-state index contributed by atoms with van der Waals surface area (Å²) < 4.78 is 0. The lowest BCUT2D eigenvalue weighted by Gasteiger charge is -2.09. The average Bonchev–Trinajstić information content (AvgIpc) is 2.90. The molecule has 0 saturated carbocycles. The van der Waals surface area contributed by atoms with Crippen LogP contribution in [0.25, 0.3) is 21.6 Å². The molecular weight excluding hydrogens is 254 g/mol. The molecule has 94 valence electrons. The van der Waals surface area contributed by atoms with Crippen LogP contribution in [0.5, 0.6) is 0 Å². The van der Waals surface area contributed by atoms with Crippen molar-refractivity contribution in [1.29, 1.82) is 0 Å². The number of pyridine rings is 1. The van der Waals surface area contributed by atoms with Gasteiger partial charge in [-0.25, -0.2) is 9.97 Å². The van der Waals surface area contributed by atoms with E-state index in [-0.39, 0.29) is 0 Å². The van der Waals surface area contributed by atoms with E-state index >= 15 is 0 Å². The smallest absolute Gasteiger partial charge is 0.142 e. The van der Waals surface area contributed by atoms with E-state index < -0.39 is 0 Å². The summed E-state index contributed by atoms with van der Waals surface area (Å²) in [7, 11) is 0. The van der Waals surface area contributed by atoms with Crippen LogP contribution in [-0.2, 0) is 13.0 Å². The highest BCUT2D eigenvalue weighted by molar-refractivity contribution is 7.15.